The van der Waals surface area contributed by atoms with E-state index in [1.54, 1.807) is 60.7 Å². The molecule has 0 spiro atoms. The highest BCUT2D eigenvalue weighted by Crippen LogP contribution is 2.27. The van der Waals surface area contributed by atoms with Crippen LogP contribution in [0.15, 0.2) is 55.1 Å². The van der Waals surface area contributed by atoms with Gasteiger partial charge in [0.05, 0.1) is 51.5 Å². The molecule has 0 aliphatic heterocycles. The molecule has 12 nitrogen and oxygen atoms in total. The average Bonchev–Trinajstić information content (AvgIpc) is 3.53. The van der Waals surface area contributed by atoms with Gasteiger partial charge < -0.3 is 10.4 Å². The van der Waals surface area contributed by atoms with Crippen molar-refractivity contribution in [2.75, 3.05) is 5.32 Å². The van der Waals surface area contributed by atoms with Gasteiger partial charge in [-0.15, -0.1) is 0 Å². The number of hydrogen-bond donors (Lipinski definition) is 2. The van der Waals surface area contributed by atoms with Crippen molar-refractivity contribution in [1.29, 1.82) is 0 Å². The first-order valence-corrected chi connectivity index (χ1v) is 11.0. The number of hydrogen-bond acceptors (Lipinski definition) is 7. The lowest BCUT2D eigenvalue weighted by Crippen LogP contribution is -2.34. The van der Waals surface area contributed by atoms with Gasteiger partial charge >= 0.3 is 0 Å². The molecule has 5 aromatic rings. The minimum absolute atomic E-state index is 0.359. The Morgan fingerprint density at radius 3 is 2.74 bits per heavy atom. The number of anilines is 1. The van der Waals surface area contributed by atoms with E-state index in [4.69, 9.17) is 11.6 Å². The molecule has 5 rings (SSSR count). The number of halogens is 1. The lowest BCUT2D eigenvalue weighted by molar-refractivity contribution is -0.787. The monoisotopic (exact) mass is 493 g/mol. The van der Waals surface area contributed by atoms with Gasteiger partial charge in [0.1, 0.15) is 12.3 Å². The van der Waals surface area contributed by atoms with Crippen LogP contribution in [0.3, 0.4) is 0 Å². The van der Waals surface area contributed by atoms with Gasteiger partial charge in [-0.05, 0) is 48.5 Å². The molecule has 4 aromatic heterocycles. The molecule has 35 heavy (non-hydrogen) atoms. The van der Waals surface area contributed by atoms with E-state index in [9.17, 15) is 9.90 Å². The van der Waals surface area contributed by atoms with Crippen LogP contribution >= 0.6 is 11.6 Å². The Kier molecular flexibility index (Phi) is 5.53. The van der Waals surface area contributed by atoms with Gasteiger partial charge in [-0.2, -0.15) is 10.2 Å². The van der Waals surface area contributed by atoms with E-state index in [1.807, 2.05) is 18.3 Å². The molecule has 1 amide bonds. The van der Waals surface area contributed by atoms with Gasteiger partial charge in [0, 0.05) is 28.8 Å². The fraction of sp³-hybridized carbons (Fsp3) is 0.227. The van der Waals surface area contributed by atoms with Crippen LogP contribution in [0.2, 0.25) is 5.02 Å². The number of fused-ring (bicyclic) bond motifs is 1. The van der Waals surface area contributed by atoms with E-state index in [0.29, 0.717) is 34.0 Å². The Morgan fingerprint density at radius 1 is 1.17 bits per heavy atom. The van der Waals surface area contributed by atoms with Crippen molar-refractivity contribution < 1.29 is 14.7 Å². The standard InChI is InChI=1S/C22H21ClN10O2/c1-22(2,35)13-31-12-15(10-24-31)14-6-7-32-20(8-14)17(11-25-32)21(34)26-19-9-16(4-5-18(19)23)33-28-27-30(3)29-33/h4-12,35H,13H2,1-3H3/p+1. The molecule has 4 heterocycles. The van der Waals surface area contributed by atoms with Crippen molar-refractivity contribution in [2.45, 2.75) is 26.0 Å². The summed E-state index contributed by atoms with van der Waals surface area (Å²) in [6, 6.07) is 8.79. The molecule has 0 unspecified atom stereocenters. The number of rotatable bonds is 6. The Balaban J connectivity index is 1.43. The number of aryl methyl sites for hydroxylation is 1. The summed E-state index contributed by atoms with van der Waals surface area (Å²) in [6.07, 6.45) is 6.85. The van der Waals surface area contributed by atoms with Crippen molar-refractivity contribution in [3.63, 3.8) is 0 Å². The SMILES string of the molecule is C[n+]1nnn(-c2ccc(Cl)c(NC(=O)c3cnn4ccc(-c5cnn(CC(C)(C)O)c5)cc34)c2)n1. The first-order chi connectivity index (χ1) is 16.7. The summed E-state index contributed by atoms with van der Waals surface area (Å²) in [5, 5.41) is 33.7. The maximum Gasteiger partial charge on any atom is 0.259 e. The smallest absolute Gasteiger partial charge is 0.259 e. The lowest BCUT2D eigenvalue weighted by Gasteiger charge is -2.16. The van der Waals surface area contributed by atoms with Gasteiger partial charge in [-0.25, -0.2) is 4.52 Å². The van der Waals surface area contributed by atoms with Gasteiger partial charge in [0.25, 0.3) is 5.91 Å². The zero-order valence-electron chi connectivity index (χ0n) is 19.2. The number of aromatic nitrogens is 9. The highest BCUT2D eigenvalue weighted by Gasteiger charge is 2.19. The Morgan fingerprint density at radius 2 is 2.00 bits per heavy atom. The summed E-state index contributed by atoms with van der Waals surface area (Å²) in [5.74, 6) is -0.369. The predicted molar refractivity (Wildman–Crippen MR) is 126 cm³/mol. The van der Waals surface area contributed by atoms with Crippen molar-refractivity contribution in [1.82, 2.24) is 39.8 Å². The summed E-state index contributed by atoms with van der Waals surface area (Å²) >= 11 is 6.33. The number of nitrogens with one attached hydrogen (secondary N) is 1. The van der Waals surface area contributed by atoms with Gasteiger partial charge in [-0.1, -0.05) is 11.6 Å². The maximum atomic E-state index is 13.2. The summed E-state index contributed by atoms with van der Waals surface area (Å²) in [5.41, 5.74) is 2.81. The van der Waals surface area contributed by atoms with Crippen molar-refractivity contribution in [2.24, 2.45) is 7.05 Å². The van der Waals surface area contributed by atoms with Crippen LogP contribution in [-0.2, 0) is 13.6 Å². The number of benzene rings is 1. The molecule has 2 N–H and O–H groups in total. The molecule has 0 bridgehead atoms. The topological polar surface area (TPSA) is 132 Å². The normalized spacial score (nSPS) is 11.8. The largest absolute Gasteiger partial charge is 0.389 e. The molecule has 0 saturated heterocycles. The highest BCUT2D eigenvalue weighted by molar-refractivity contribution is 6.34. The van der Waals surface area contributed by atoms with Crippen molar-refractivity contribution in [3.8, 4) is 16.8 Å². The molecule has 0 atom stereocenters. The van der Waals surface area contributed by atoms with Crippen molar-refractivity contribution in [3.05, 3.63) is 65.7 Å². The van der Waals surface area contributed by atoms with E-state index >= 15 is 0 Å². The van der Waals surface area contributed by atoms with E-state index < -0.39 is 5.60 Å². The number of aliphatic hydroxyl groups is 1. The summed E-state index contributed by atoms with van der Waals surface area (Å²) in [6.45, 7) is 3.81. The second kappa shape index (κ2) is 8.56. The van der Waals surface area contributed by atoms with Crippen LogP contribution in [-0.4, -0.2) is 56.4 Å². The summed E-state index contributed by atoms with van der Waals surface area (Å²) < 4.78 is 3.31. The zero-order chi connectivity index (χ0) is 24.7. The third kappa shape index (κ3) is 4.74. The van der Waals surface area contributed by atoms with Crippen molar-refractivity contribution >= 4 is 28.7 Å². The van der Waals surface area contributed by atoms with Crippen LogP contribution in [0.25, 0.3) is 22.3 Å². The van der Waals surface area contributed by atoms with E-state index in [1.165, 1.54) is 15.8 Å². The van der Waals surface area contributed by atoms with Crippen LogP contribution in [0.1, 0.15) is 24.2 Å². The summed E-state index contributed by atoms with van der Waals surface area (Å²) in [7, 11) is 1.65. The second-order valence-electron chi connectivity index (χ2n) is 8.71. The third-order valence-corrected chi connectivity index (χ3v) is 5.51. The van der Waals surface area contributed by atoms with Crippen LogP contribution in [0.5, 0.6) is 0 Å². The van der Waals surface area contributed by atoms with E-state index in [0.717, 1.165) is 11.1 Å². The van der Waals surface area contributed by atoms with Crippen LogP contribution in [0, 0.1) is 0 Å². The number of carbonyl (C=O) groups is 1. The molecule has 0 aliphatic carbocycles. The molecule has 13 heteroatoms. The zero-order valence-corrected chi connectivity index (χ0v) is 19.9. The van der Waals surface area contributed by atoms with E-state index in [-0.39, 0.29) is 5.91 Å². The fourth-order valence-corrected chi connectivity index (χ4v) is 3.78. The molecular weight excluding hydrogens is 472 g/mol. The van der Waals surface area contributed by atoms with Gasteiger partial charge in [0.15, 0.2) is 10.9 Å². The number of amides is 1. The molecule has 0 aliphatic rings. The summed E-state index contributed by atoms with van der Waals surface area (Å²) in [4.78, 5) is 15.8. The molecule has 0 radical (unpaired) electrons. The Bertz CT molecular complexity index is 1550. The Labute approximate surface area is 204 Å². The van der Waals surface area contributed by atoms with Crippen LogP contribution in [0.4, 0.5) is 5.69 Å². The molecular formula is C22H22ClN10O2+. The first-order valence-electron chi connectivity index (χ1n) is 10.7. The lowest BCUT2D eigenvalue weighted by atomic mass is 10.1. The second-order valence-corrected chi connectivity index (χ2v) is 9.12. The maximum absolute atomic E-state index is 13.2. The first kappa shape index (κ1) is 22.6. The molecule has 178 valence electrons. The Hall–Kier alpha value is -4.16. The van der Waals surface area contributed by atoms with Gasteiger partial charge in [0.2, 0.25) is 0 Å². The van der Waals surface area contributed by atoms with E-state index in [2.05, 4.69) is 31.2 Å². The average molecular weight is 494 g/mol. The number of pyridine rings is 1. The molecule has 0 fully saturated rings. The minimum Gasteiger partial charge on any atom is -0.389 e. The quantitative estimate of drug-likeness (QED) is 0.344. The minimum atomic E-state index is -0.885. The predicted octanol–water partition coefficient (Wildman–Crippen LogP) is 1.67. The van der Waals surface area contributed by atoms with Gasteiger partial charge in [-0.3, -0.25) is 9.48 Å². The third-order valence-electron chi connectivity index (χ3n) is 5.18. The molecule has 0 saturated carbocycles. The van der Waals surface area contributed by atoms with Crippen LogP contribution < -0.4 is 10.1 Å². The number of nitrogens with zero attached hydrogens (tertiary/aromatic N) is 9. The fourth-order valence-electron chi connectivity index (χ4n) is 3.61. The molecule has 1 aromatic carbocycles. The number of carbonyl (C=O) groups excluding carboxylic acids is 1. The highest BCUT2D eigenvalue weighted by atomic mass is 35.5.